The molecule has 0 N–H and O–H groups in total. The number of rotatable bonds is 7. The highest BCUT2D eigenvalue weighted by molar-refractivity contribution is 7.89. The van der Waals surface area contributed by atoms with E-state index in [1.54, 1.807) is 4.90 Å². The van der Waals surface area contributed by atoms with Gasteiger partial charge in [0.1, 0.15) is 11.6 Å². The summed E-state index contributed by atoms with van der Waals surface area (Å²) in [5, 5.41) is 0. The Hall–Kier alpha value is -2.45. The molecule has 1 saturated heterocycles. The molecule has 0 radical (unpaired) electrons. The van der Waals surface area contributed by atoms with Crippen LogP contribution in [0.3, 0.4) is 0 Å². The summed E-state index contributed by atoms with van der Waals surface area (Å²) in [6.45, 7) is 3.49. The van der Waals surface area contributed by atoms with Gasteiger partial charge in [0.2, 0.25) is 15.9 Å². The highest BCUT2D eigenvalue weighted by Crippen LogP contribution is 2.19. The van der Waals surface area contributed by atoms with Crippen molar-refractivity contribution in [3.05, 3.63) is 59.9 Å². The Balaban J connectivity index is 1.44. The van der Waals surface area contributed by atoms with Gasteiger partial charge in [-0.3, -0.25) is 4.79 Å². The number of aryl methyl sites for hydroxylation is 1. The first-order chi connectivity index (χ1) is 13.9. The van der Waals surface area contributed by atoms with E-state index in [9.17, 15) is 17.6 Å². The third kappa shape index (κ3) is 5.55. The summed E-state index contributed by atoms with van der Waals surface area (Å²) < 4.78 is 45.6. The summed E-state index contributed by atoms with van der Waals surface area (Å²) in [5.74, 6) is 0.182. The Morgan fingerprint density at radius 2 is 1.79 bits per heavy atom. The van der Waals surface area contributed by atoms with Gasteiger partial charge in [0.05, 0.1) is 11.5 Å². The largest absolute Gasteiger partial charge is 0.494 e. The molecular formula is C21H25FN2O4S. The first-order valence-corrected chi connectivity index (χ1v) is 11.0. The average molecular weight is 421 g/mol. The molecule has 0 atom stereocenters. The maximum absolute atomic E-state index is 13.4. The molecule has 0 unspecified atom stereocenters. The van der Waals surface area contributed by atoms with Crippen molar-refractivity contribution in [1.82, 2.24) is 9.21 Å². The van der Waals surface area contributed by atoms with Crippen LogP contribution in [0, 0.1) is 12.7 Å². The van der Waals surface area contributed by atoms with Crippen molar-refractivity contribution in [2.45, 2.75) is 24.7 Å². The third-order valence-electron chi connectivity index (χ3n) is 4.82. The van der Waals surface area contributed by atoms with Crippen molar-refractivity contribution in [1.29, 1.82) is 0 Å². The minimum atomic E-state index is -3.75. The fraction of sp³-hybridized carbons (Fsp3) is 0.381. The van der Waals surface area contributed by atoms with E-state index in [1.165, 1.54) is 22.5 Å². The van der Waals surface area contributed by atoms with E-state index in [4.69, 9.17) is 4.74 Å². The molecule has 156 valence electrons. The molecule has 2 aromatic rings. The van der Waals surface area contributed by atoms with E-state index in [-0.39, 0.29) is 23.9 Å². The van der Waals surface area contributed by atoms with Gasteiger partial charge in [0, 0.05) is 32.6 Å². The molecule has 3 rings (SSSR count). The Bertz CT molecular complexity index is 957. The summed E-state index contributed by atoms with van der Waals surface area (Å²) in [5.41, 5.74) is 1.12. The van der Waals surface area contributed by atoms with Crippen LogP contribution in [0.4, 0.5) is 4.39 Å². The second-order valence-electron chi connectivity index (χ2n) is 7.01. The fourth-order valence-electron chi connectivity index (χ4n) is 3.23. The first-order valence-electron chi connectivity index (χ1n) is 9.59. The molecule has 6 nitrogen and oxygen atoms in total. The van der Waals surface area contributed by atoms with Gasteiger partial charge in [-0.25, -0.2) is 12.8 Å². The predicted molar refractivity (Wildman–Crippen MR) is 108 cm³/mol. The molecule has 0 bridgehead atoms. The Kier molecular flexibility index (Phi) is 6.87. The summed E-state index contributed by atoms with van der Waals surface area (Å²) >= 11 is 0. The van der Waals surface area contributed by atoms with Crippen LogP contribution in [0.25, 0.3) is 0 Å². The number of carbonyl (C=O) groups excluding carboxylic acids is 1. The van der Waals surface area contributed by atoms with Crippen LogP contribution in [0.15, 0.2) is 53.4 Å². The van der Waals surface area contributed by atoms with E-state index >= 15 is 0 Å². The van der Waals surface area contributed by atoms with Gasteiger partial charge in [0.25, 0.3) is 0 Å². The number of sulfonamides is 1. The number of amides is 1. The lowest BCUT2D eigenvalue weighted by Gasteiger charge is -2.34. The van der Waals surface area contributed by atoms with Crippen molar-refractivity contribution in [3.63, 3.8) is 0 Å². The molecule has 2 aromatic carbocycles. The van der Waals surface area contributed by atoms with Crippen molar-refractivity contribution in [2.24, 2.45) is 0 Å². The van der Waals surface area contributed by atoms with Gasteiger partial charge in [-0.2, -0.15) is 4.31 Å². The van der Waals surface area contributed by atoms with Crippen LogP contribution in [-0.2, 0) is 14.8 Å². The molecule has 0 aliphatic carbocycles. The van der Waals surface area contributed by atoms with E-state index < -0.39 is 15.8 Å². The number of ether oxygens (including phenoxy) is 1. The monoisotopic (exact) mass is 420 g/mol. The number of hydrogen-bond donors (Lipinski definition) is 0. The van der Waals surface area contributed by atoms with Crippen LogP contribution >= 0.6 is 0 Å². The zero-order valence-electron chi connectivity index (χ0n) is 16.4. The van der Waals surface area contributed by atoms with E-state index in [1.807, 2.05) is 31.2 Å². The lowest BCUT2D eigenvalue weighted by molar-refractivity contribution is -0.132. The summed E-state index contributed by atoms with van der Waals surface area (Å²) in [6.07, 6.45) is 0.942. The summed E-state index contributed by atoms with van der Waals surface area (Å²) in [4.78, 5) is 14.0. The zero-order valence-corrected chi connectivity index (χ0v) is 17.2. The maximum atomic E-state index is 13.4. The van der Waals surface area contributed by atoms with Crippen molar-refractivity contribution in [3.8, 4) is 5.75 Å². The Labute approximate surface area is 170 Å². The van der Waals surface area contributed by atoms with Crippen LogP contribution < -0.4 is 4.74 Å². The molecule has 1 aliphatic rings. The van der Waals surface area contributed by atoms with Gasteiger partial charge >= 0.3 is 0 Å². The quantitative estimate of drug-likeness (QED) is 0.646. The van der Waals surface area contributed by atoms with Crippen LogP contribution in [-0.4, -0.2) is 56.3 Å². The van der Waals surface area contributed by atoms with Crippen molar-refractivity contribution >= 4 is 15.9 Å². The van der Waals surface area contributed by atoms with Crippen LogP contribution in [0.2, 0.25) is 0 Å². The second-order valence-corrected chi connectivity index (χ2v) is 8.95. The molecule has 0 saturated carbocycles. The minimum Gasteiger partial charge on any atom is -0.494 e. The molecule has 0 spiro atoms. The van der Waals surface area contributed by atoms with Crippen LogP contribution in [0.1, 0.15) is 18.4 Å². The minimum absolute atomic E-state index is 0.0133. The number of benzene rings is 2. The Morgan fingerprint density at radius 3 is 2.48 bits per heavy atom. The molecule has 1 fully saturated rings. The standard InChI is InChI=1S/C21H25FN2O4S/c1-17-5-2-7-19(15-17)28-14-4-9-21(25)23-10-12-24(13-11-23)29(26,27)20-8-3-6-18(22)16-20/h2-3,5-8,15-16H,4,9-14H2,1H3. The van der Waals surface area contributed by atoms with Gasteiger partial charge in [0.15, 0.2) is 0 Å². The number of hydrogen-bond acceptors (Lipinski definition) is 4. The molecule has 0 aromatic heterocycles. The molecule has 1 heterocycles. The summed E-state index contributed by atoms with van der Waals surface area (Å²) in [7, 11) is -3.75. The number of nitrogens with zero attached hydrogens (tertiary/aromatic N) is 2. The van der Waals surface area contributed by atoms with E-state index in [2.05, 4.69) is 0 Å². The Morgan fingerprint density at radius 1 is 1.07 bits per heavy atom. The van der Waals surface area contributed by atoms with Gasteiger partial charge < -0.3 is 9.64 Å². The SMILES string of the molecule is Cc1cccc(OCCCC(=O)N2CCN(S(=O)(=O)c3cccc(F)c3)CC2)c1. The highest BCUT2D eigenvalue weighted by Gasteiger charge is 2.30. The molecule has 29 heavy (non-hydrogen) atoms. The van der Waals surface area contributed by atoms with Crippen molar-refractivity contribution in [2.75, 3.05) is 32.8 Å². The number of carbonyl (C=O) groups is 1. The van der Waals surface area contributed by atoms with Crippen LogP contribution in [0.5, 0.6) is 5.75 Å². The zero-order chi connectivity index (χ0) is 20.9. The average Bonchev–Trinajstić information content (AvgIpc) is 2.71. The fourth-order valence-corrected chi connectivity index (χ4v) is 4.69. The van der Waals surface area contributed by atoms with Crippen molar-refractivity contribution < 1.29 is 22.3 Å². The maximum Gasteiger partial charge on any atom is 0.243 e. The molecular weight excluding hydrogens is 395 g/mol. The topological polar surface area (TPSA) is 66.9 Å². The van der Waals surface area contributed by atoms with Gasteiger partial charge in [-0.1, -0.05) is 18.2 Å². The summed E-state index contributed by atoms with van der Waals surface area (Å²) in [6, 6.07) is 12.7. The van der Waals surface area contributed by atoms with Gasteiger partial charge in [-0.05, 0) is 49.2 Å². The highest BCUT2D eigenvalue weighted by atomic mass is 32.2. The van der Waals surface area contributed by atoms with Gasteiger partial charge in [-0.15, -0.1) is 0 Å². The normalized spacial score (nSPS) is 15.3. The number of piperazine rings is 1. The second kappa shape index (κ2) is 9.37. The first kappa shape index (κ1) is 21.3. The van der Waals surface area contributed by atoms with E-state index in [0.717, 1.165) is 17.4 Å². The smallest absolute Gasteiger partial charge is 0.243 e. The molecule has 1 aliphatic heterocycles. The molecule has 8 heteroatoms. The predicted octanol–water partition coefficient (Wildman–Crippen LogP) is 2.83. The van der Waals surface area contributed by atoms with E-state index in [0.29, 0.717) is 32.5 Å². The third-order valence-corrected chi connectivity index (χ3v) is 6.71. The molecule has 1 amide bonds. The number of halogens is 1. The lowest BCUT2D eigenvalue weighted by atomic mass is 10.2. The lowest BCUT2D eigenvalue weighted by Crippen LogP contribution is -2.50.